The molecule has 156 valence electrons. The molecule has 0 fully saturated rings. The van der Waals surface area contributed by atoms with Crippen molar-refractivity contribution in [2.75, 3.05) is 23.7 Å². The van der Waals surface area contributed by atoms with E-state index in [0.29, 0.717) is 31.1 Å². The molecule has 7 nitrogen and oxygen atoms in total. The number of carbonyl (C=O) groups excluding carboxylic acids is 1. The van der Waals surface area contributed by atoms with Crippen molar-refractivity contribution in [2.24, 2.45) is 0 Å². The minimum Gasteiger partial charge on any atom is -0.368 e. The zero-order chi connectivity index (χ0) is 21.5. The van der Waals surface area contributed by atoms with Crippen molar-refractivity contribution in [3.8, 4) is 0 Å². The van der Waals surface area contributed by atoms with E-state index in [1.165, 1.54) is 6.33 Å². The molecule has 0 atom stereocenters. The molecule has 3 N–H and O–H groups in total. The van der Waals surface area contributed by atoms with Crippen molar-refractivity contribution in [2.45, 2.75) is 13.3 Å². The Balaban J connectivity index is 1.26. The van der Waals surface area contributed by atoms with Crippen molar-refractivity contribution in [3.05, 3.63) is 84.3 Å². The van der Waals surface area contributed by atoms with E-state index >= 15 is 0 Å². The number of carbonyl (C=O) groups is 1. The maximum absolute atomic E-state index is 12.4. The van der Waals surface area contributed by atoms with Crippen LogP contribution in [0.25, 0.3) is 10.8 Å². The molecular weight excluding hydrogens is 388 g/mol. The average Bonchev–Trinajstić information content (AvgIpc) is 2.77. The van der Waals surface area contributed by atoms with Crippen LogP contribution in [-0.4, -0.2) is 33.9 Å². The number of fused-ring (bicyclic) bond motifs is 1. The third-order valence-corrected chi connectivity index (χ3v) is 4.82. The summed E-state index contributed by atoms with van der Waals surface area (Å²) in [5.74, 6) is 2.04. The van der Waals surface area contributed by atoms with Crippen LogP contribution in [0.15, 0.2) is 73.2 Å². The maximum Gasteiger partial charge on any atom is 0.224 e. The highest BCUT2D eigenvalue weighted by Gasteiger charge is 2.07. The van der Waals surface area contributed by atoms with E-state index in [1.54, 1.807) is 6.20 Å². The number of aromatic nitrogens is 3. The Morgan fingerprint density at radius 3 is 2.58 bits per heavy atom. The van der Waals surface area contributed by atoms with Crippen LogP contribution < -0.4 is 16.0 Å². The third-order valence-electron chi connectivity index (χ3n) is 4.82. The SMILES string of the molecule is Cc1ccnc(Nc2cc(NCCNC(=O)Cc3cccc4ccccc34)ncn2)c1. The van der Waals surface area contributed by atoms with Crippen LogP contribution >= 0.6 is 0 Å². The topological polar surface area (TPSA) is 91.8 Å². The van der Waals surface area contributed by atoms with E-state index < -0.39 is 0 Å². The normalized spacial score (nSPS) is 10.6. The number of pyridine rings is 1. The summed E-state index contributed by atoms with van der Waals surface area (Å²) in [5.41, 5.74) is 2.14. The number of nitrogens with zero attached hydrogens (tertiary/aromatic N) is 3. The molecule has 0 aliphatic carbocycles. The first-order chi connectivity index (χ1) is 15.2. The Hall–Kier alpha value is -4.00. The Bertz CT molecular complexity index is 1190. The van der Waals surface area contributed by atoms with Gasteiger partial charge in [-0.2, -0.15) is 0 Å². The Kier molecular flexibility index (Phi) is 6.32. The standard InChI is InChI=1S/C24H24N6O/c1-17-9-10-25-22(13-17)30-23-15-21(28-16-29-23)26-11-12-27-24(31)14-19-7-4-6-18-5-2-3-8-20(18)19/h2-10,13,15-16H,11-12,14H2,1H3,(H,27,31)(H2,25,26,28,29,30). The second-order valence-electron chi connectivity index (χ2n) is 7.22. The van der Waals surface area contributed by atoms with Crippen molar-refractivity contribution < 1.29 is 4.79 Å². The molecule has 0 saturated heterocycles. The molecule has 7 heteroatoms. The summed E-state index contributed by atoms with van der Waals surface area (Å²) in [6, 6.07) is 19.8. The number of anilines is 3. The first-order valence-corrected chi connectivity index (χ1v) is 10.2. The molecule has 2 aromatic heterocycles. The smallest absolute Gasteiger partial charge is 0.224 e. The summed E-state index contributed by atoms with van der Waals surface area (Å²) in [6.45, 7) is 3.06. The first kappa shape index (κ1) is 20.3. The number of benzene rings is 2. The molecule has 31 heavy (non-hydrogen) atoms. The van der Waals surface area contributed by atoms with Gasteiger partial charge in [0, 0.05) is 25.4 Å². The molecule has 0 unspecified atom stereocenters. The van der Waals surface area contributed by atoms with Gasteiger partial charge in [0.05, 0.1) is 6.42 Å². The molecule has 1 amide bonds. The summed E-state index contributed by atoms with van der Waals surface area (Å²) in [6.07, 6.45) is 3.59. The van der Waals surface area contributed by atoms with Crippen LogP contribution in [0.4, 0.5) is 17.5 Å². The highest BCUT2D eigenvalue weighted by molar-refractivity contribution is 5.90. The zero-order valence-corrected chi connectivity index (χ0v) is 17.3. The van der Waals surface area contributed by atoms with Crippen molar-refractivity contribution in [3.63, 3.8) is 0 Å². The second-order valence-corrected chi connectivity index (χ2v) is 7.22. The fourth-order valence-electron chi connectivity index (χ4n) is 3.33. The van der Waals surface area contributed by atoms with Gasteiger partial charge < -0.3 is 16.0 Å². The second kappa shape index (κ2) is 9.67. The van der Waals surface area contributed by atoms with Crippen molar-refractivity contribution in [1.29, 1.82) is 0 Å². The van der Waals surface area contributed by atoms with Gasteiger partial charge in [0.25, 0.3) is 0 Å². The molecule has 4 rings (SSSR count). The van der Waals surface area contributed by atoms with E-state index in [-0.39, 0.29) is 5.91 Å². The molecule has 2 heterocycles. The third kappa shape index (κ3) is 5.54. The summed E-state index contributed by atoms with van der Waals surface area (Å²) in [4.78, 5) is 25.1. The van der Waals surface area contributed by atoms with Gasteiger partial charge in [-0.1, -0.05) is 42.5 Å². The van der Waals surface area contributed by atoms with Gasteiger partial charge in [0.1, 0.15) is 23.8 Å². The number of aryl methyl sites for hydroxylation is 1. The monoisotopic (exact) mass is 412 g/mol. The van der Waals surface area contributed by atoms with E-state index in [0.717, 1.165) is 27.7 Å². The Morgan fingerprint density at radius 2 is 1.68 bits per heavy atom. The lowest BCUT2D eigenvalue weighted by molar-refractivity contribution is -0.120. The predicted molar refractivity (Wildman–Crippen MR) is 123 cm³/mol. The van der Waals surface area contributed by atoms with Crippen LogP contribution in [0.3, 0.4) is 0 Å². The minimum atomic E-state index is -0.00582. The van der Waals surface area contributed by atoms with E-state index in [2.05, 4.69) is 43.0 Å². The number of hydrogen-bond acceptors (Lipinski definition) is 6. The summed E-state index contributed by atoms with van der Waals surface area (Å²) >= 11 is 0. The van der Waals surface area contributed by atoms with E-state index in [4.69, 9.17) is 0 Å². The maximum atomic E-state index is 12.4. The molecule has 4 aromatic rings. The average molecular weight is 412 g/mol. The highest BCUT2D eigenvalue weighted by Crippen LogP contribution is 2.19. The quantitative estimate of drug-likeness (QED) is 0.381. The molecule has 0 bridgehead atoms. The van der Waals surface area contributed by atoms with Gasteiger partial charge in [0.15, 0.2) is 0 Å². The van der Waals surface area contributed by atoms with Crippen LogP contribution in [0.2, 0.25) is 0 Å². The van der Waals surface area contributed by atoms with Gasteiger partial charge >= 0.3 is 0 Å². The summed E-state index contributed by atoms with van der Waals surface area (Å²) in [7, 11) is 0. The fourth-order valence-corrected chi connectivity index (χ4v) is 3.33. The van der Waals surface area contributed by atoms with E-state index in [1.807, 2.05) is 55.5 Å². The first-order valence-electron chi connectivity index (χ1n) is 10.2. The van der Waals surface area contributed by atoms with Gasteiger partial charge in [-0.15, -0.1) is 0 Å². The summed E-state index contributed by atoms with van der Waals surface area (Å²) < 4.78 is 0. The predicted octanol–water partition coefficient (Wildman–Crippen LogP) is 3.85. The molecule has 0 saturated carbocycles. The van der Waals surface area contributed by atoms with Crippen LogP contribution in [0, 0.1) is 6.92 Å². The van der Waals surface area contributed by atoms with Gasteiger partial charge in [0.2, 0.25) is 5.91 Å². The number of rotatable bonds is 8. The molecule has 0 aliphatic rings. The van der Waals surface area contributed by atoms with E-state index in [9.17, 15) is 4.79 Å². The Labute approximate surface area is 181 Å². The minimum absolute atomic E-state index is 0.00582. The van der Waals surface area contributed by atoms with Crippen LogP contribution in [0.5, 0.6) is 0 Å². The van der Waals surface area contributed by atoms with Crippen LogP contribution in [0.1, 0.15) is 11.1 Å². The highest BCUT2D eigenvalue weighted by atomic mass is 16.1. The lowest BCUT2D eigenvalue weighted by Crippen LogP contribution is -2.30. The van der Waals surface area contributed by atoms with Gasteiger partial charge in [-0.25, -0.2) is 15.0 Å². The number of hydrogen-bond donors (Lipinski definition) is 3. The molecule has 2 aromatic carbocycles. The molecule has 0 aliphatic heterocycles. The van der Waals surface area contributed by atoms with Gasteiger partial charge in [-0.3, -0.25) is 4.79 Å². The fraction of sp³-hybridized carbons (Fsp3) is 0.167. The lowest BCUT2D eigenvalue weighted by Gasteiger charge is -2.10. The Morgan fingerprint density at radius 1 is 0.871 bits per heavy atom. The molecule has 0 radical (unpaired) electrons. The molecule has 0 spiro atoms. The lowest BCUT2D eigenvalue weighted by atomic mass is 10.0. The molecular formula is C24H24N6O. The van der Waals surface area contributed by atoms with Crippen molar-refractivity contribution >= 4 is 34.1 Å². The zero-order valence-electron chi connectivity index (χ0n) is 17.3. The number of nitrogens with one attached hydrogen (secondary N) is 3. The van der Waals surface area contributed by atoms with Gasteiger partial charge in [-0.05, 0) is 41.0 Å². The number of amides is 1. The van der Waals surface area contributed by atoms with Crippen LogP contribution in [-0.2, 0) is 11.2 Å². The van der Waals surface area contributed by atoms with Crippen molar-refractivity contribution in [1.82, 2.24) is 20.3 Å². The largest absolute Gasteiger partial charge is 0.368 e. The summed E-state index contributed by atoms with van der Waals surface area (Å²) in [5, 5.41) is 11.6.